The number of aromatic nitrogens is 2. The van der Waals surface area contributed by atoms with Crippen molar-refractivity contribution in [3.63, 3.8) is 0 Å². The van der Waals surface area contributed by atoms with Crippen LogP contribution in [0.1, 0.15) is 43.0 Å². The molecule has 0 fully saturated rings. The van der Waals surface area contributed by atoms with E-state index in [0.717, 1.165) is 33.7 Å². The van der Waals surface area contributed by atoms with Crippen molar-refractivity contribution >= 4 is 21.4 Å². The molecule has 3 aromatic rings. The van der Waals surface area contributed by atoms with Gasteiger partial charge in [0.15, 0.2) is 0 Å². The van der Waals surface area contributed by atoms with Gasteiger partial charge in [0, 0.05) is 17.2 Å². The zero-order valence-corrected chi connectivity index (χ0v) is 19.0. The van der Waals surface area contributed by atoms with Gasteiger partial charge in [-0.1, -0.05) is 29.5 Å². The molecule has 0 aliphatic heterocycles. The Morgan fingerprint density at radius 3 is 2.71 bits per heavy atom. The second-order valence-corrected chi connectivity index (χ2v) is 10.5. The first-order valence-electron chi connectivity index (χ1n) is 9.89. The first kappa shape index (κ1) is 21.4. The highest BCUT2D eigenvalue weighted by molar-refractivity contribution is 7.88. The number of hydrogen-bond acceptors (Lipinski definition) is 7. The molecule has 1 aliphatic carbocycles. The van der Waals surface area contributed by atoms with E-state index in [4.69, 9.17) is 4.74 Å². The molecular weight excluding hydrogens is 432 g/mol. The number of fused-ring (bicyclic) bond motifs is 1. The van der Waals surface area contributed by atoms with E-state index in [1.54, 1.807) is 12.1 Å². The van der Waals surface area contributed by atoms with Gasteiger partial charge in [-0.15, -0.1) is 10.2 Å². The number of nitriles is 1. The van der Waals surface area contributed by atoms with E-state index in [0.29, 0.717) is 22.7 Å². The van der Waals surface area contributed by atoms with Crippen LogP contribution in [0.3, 0.4) is 0 Å². The van der Waals surface area contributed by atoms with Crippen LogP contribution in [0.15, 0.2) is 36.4 Å². The number of hydrogen-bond donors (Lipinski definition) is 1. The Labute approximate surface area is 185 Å². The van der Waals surface area contributed by atoms with Gasteiger partial charge in [-0.25, -0.2) is 13.1 Å². The summed E-state index contributed by atoms with van der Waals surface area (Å²) in [5.41, 5.74) is 4.32. The van der Waals surface area contributed by atoms with Crippen molar-refractivity contribution in [3.8, 4) is 33.0 Å². The number of nitrogens with zero attached hydrogens (tertiary/aromatic N) is 3. The molecule has 2 aromatic carbocycles. The van der Waals surface area contributed by atoms with Gasteiger partial charge in [0.25, 0.3) is 0 Å². The summed E-state index contributed by atoms with van der Waals surface area (Å²) in [5, 5.41) is 19.7. The van der Waals surface area contributed by atoms with Gasteiger partial charge in [0.2, 0.25) is 10.0 Å². The summed E-state index contributed by atoms with van der Waals surface area (Å²) in [6, 6.07) is 13.3. The van der Waals surface area contributed by atoms with Crippen molar-refractivity contribution < 1.29 is 13.2 Å². The molecule has 0 amide bonds. The van der Waals surface area contributed by atoms with Crippen molar-refractivity contribution in [2.45, 2.75) is 38.8 Å². The Hall–Kier alpha value is -2.80. The van der Waals surface area contributed by atoms with Crippen molar-refractivity contribution in [1.82, 2.24) is 14.9 Å². The maximum atomic E-state index is 11.7. The van der Waals surface area contributed by atoms with Crippen LogP contribution in [0.4, 0.5) is 0 Å². The fraction of sp³-hybridized carbons (Fsp3) is 0.318. The van der Waals surface area contributed by atoms with Crippen LogP contribution in [-0.4, -0.2) is 31.0 Å². The van der Waals surface area contributed by atoms with Gasteiger partial charge >= 0.3 is 0 Å². The molecule has 1 atom stereocenters. The van der Waals surface area contributed by atoms with Crippen LogP contribution in [0, 0.1) is 11.3 Å². The molecule has 0 unspecified atom stereocenters. The van der Waals surface area contributed by atoms with Crippen LogP contribution in [0.2, 0.25) is 0 Å². The molecule has 1 aliphatic rings. The standard InChI is InChI=1S/C22H22N4O3S2/c1-13(2)29-20-10-7-14(11-15(20)12-23)21-24-25-22(30-21)18-6-4-5-17-16(18)8-9-19(17)26-31(3,27)28/h4-7,10-11,13,19,26H,8-9H2,1-3H3/t19-/m0/s1. The third kappa shape index (κ3) is 4.61. The Morgan fingerprint density at radius 1 is 1.23 bits per heavy atom. The quantitative estimate of drug-likeness (QED) is 0.602. The van der Waals surface area contributed by atoms with Gasteiger partial charge in [0.1, 0.15) is 21.8 Å². The van der Waals surface area contributed by atoms with Crippen LogP contribution < -0.4 is 9.46 Å². The Bertz CT molecular complexity index is 1280. The topological polar surface area (TPSA) is 105 Å². The predicted octanol–water partition coefficient (Wildman–Crippen LogP) is 4.07. The Kier molecular flexibility index (Phi) is 5.79. The summed E-state index contributed by atoms with van der Waals surface area (Å²) < 4.78 is 31.8. The lowest BCUT2D eigenvalue weighted by Gasteiger charge is -2.12. The molecule has 0 spiro atoms. The first-order chi connectivity index (χ1) is 14.7. The van der Waals surface area contributed by atoms with Gasteiger partial charge in [0.05, 0.1) is 17.9 Å². The fourth-order valence-electron chi connectivity index (χ4n) is 3.79. The number of nitrogens with one attached hydrogen (secondary N) is 1. The SMILES string of the molecule is CC(C)Oc1ccc(-c2nnc(-c3cccc4c3CC[C@@H]4NS(C)(=O)=O)s2)cc1C#N. The fourth-order valence-corrected chi connectivity index (χ4v) is 5.45. The highest BCUT2D eigenvalue weighted by Crippen LogP contribution is 2.40. The minimum atomic E-state index is -3.29. The van der Waals surface area contributed by atoms with E-state index in [1.807, 2.05) is 38.1 Å². The van der Waals surface area contributed by atoms with Crippen LogP contribution in [0.25, 0.3) is 21.1 Å². The van der Waals surface area contributed by atoms with Crippen molar-refractivity contribution in [3.05, 3.63) is 53.1 Å². The summed E-state index contributed by atoms with van der Waals surface area (Å²) >= 11 is 1.45. The molecule has 7 nitrogen and oxygen atoms in total. The van der Waals surface area contributed by atoms with Crippen molar-refractivity contribution in [2.75, 3.05) is 6.26 Å². The lowest BCUT2D eigenvalue weighted by molar-refractivity contribution is 0.242. The minimum absolute atomic E-state index is 0.0210. The number of benzene rings is 2. The Balaban J connectivity index is 1.66. The lowest BCUT2D eigenvalue weighted by atomic mass is 10.0. The minimum Gasteiger partial charge on any atom is -0.490 e. The van der Waals surface area contributed by atoms with E-state index in [-0.39, 0.29) is 12.1 Å². The van der Waals surface area contributed by atoms with E-state index in [9.17, 15) is 13.7 Å². The number of rotatable bonds is 6. The summed E-state index contributed by atoms with van der Waals surface area (Å²) in [7, 11) is -3.29. The highest BCUT2D eigenvalue weighted by Gasteiger charge is 2.28. The third-order valence-electron chi connectivity index (χ3n) is 4.99. The second kappa shape index (κ2) is 8.38. The van der Waals surface area contributed by atoms with Gasteiger partial charge in [-0.2, -0.15) is 5.26 Å². The number of ether oxygens (including phenoxy) is 1. The second-order valence-electron chi connectivity index (χ2n) is 7.76. The molecule has 160 valence electrons. The molecule has 1 heterocycles. The zero-order chi connectivity index (χ0) is 22.2. The van der Waals surface area contributed by atoms with Gasteiger partial charge in [-0.3, -0.25) is 0 Å². The van der Waals surface area contributed by atoms with E-state index >= 15 is 0 Å². The van der Waals surface area contributed by atoms with Crippen LogP contribution in [-0.2, 0) is 16.4 Å². The van der Waals surface area contributed by atoms with E-state index < -0.39 is 10.0 Å². The zero-order valence-electron chi connectivity index (χ0n) is 17.4. The van der Waals surface area contributed by atoms with Crippen molar-refractivity contribution in [2.24, 2.45) is 0 Å². The summed E-state index contributed by atoms with van der Waals surface area (Å²) in [4.78, 5) is 0. The molecule has 1 N–H and O–H groups in total. The summed E-state index contributed by atoms with van der Waals surface area (Å²) in [5.74, 6) is 0.552. The molecule has 0 radical (unpaired) electrons. The van der Waals surface area contributed by atoms with Crippen molar-refractivity contribution in [1.29, 1.82) is 5.26 Å². The third-order valence-corrected chi connectivity index (χ3v) is 6.71. The Morgan fingerprint density at radius 2 is 2.00 bits per heavy atom. The van der Waals surface area contributed by atoms with E-state index in [2.05, 4.69) is 21.0 Å². The van der Waals surface area contributed by atoms with Gasteiger partial charge < -0.3 is 4.74 Å². The largest absolute Gasteiger partial charge is 0.490 e. The normalized spacial score (nSPS) is 15.6. The molecule has 9 heteroatoms. The molecule has 0 saturated carbocycles. The smallest absolute Gasteiger partial charge is 0.209 e. The number of sulfonamides is 1. The first-order valence-corrected chi connectivity index (χ1v) is 12.6. The summed E-state index contributed by atoms with van der Waals surface area (Å²) in [6.45, 7) is 3.83. The predicted molar refractivity (Wildman–Crippen MR) is 120 cm³/mol. The van der Waals surface area contributed by atoms with Crippen LogP contribution in [0.5, 0.6) is 5.75 Å². The average molecular weight is 455 g/mol. The molecule has 31 heavy (non-hydrogen) atoms. The van der Waals surface area contributed by atoms with Crippen LogP contribution >= 0.6 is 11.3 Å². The highest BCUT2D eigenvalue weighted by atomic mass is 32.2. The summed E-state index contributed by atoms with van der Waals surface area (Å²) in [6.07, 6.45) is 2.65. The molecular formula is C22H22N4O3S2. The molecule has 0 saturated heterocycles. The van der Waals surface area contributed by atoms with E-state index in [1.165, 1.54) is 17.6 Å². The monoisotopic (exact) mass is 454 g/mol. The lowest BCUT2D eigenvalue weighted by Crippen LogP contribution is -2.25. The maximum absolute atomic E-state index is 11.7. The average Bonchev–Trinajstić information content (AvgIpc) is 3.34. The molecule has 4 rings (SSSR count). The van der Waals surface area contributed by atoms with Gasteiger partial charge in [-0.05, 0) is 56.0 Å². The molecule has 0 bridgehead atoms. The molecule has 1 aromatic heterocycles. The maximum Gasteiger partial charge on any atom is 0.209 e.